The number of hydrogen-bond donors (Lipinski definition) is 0. The van der Waals surface area contributed by atoms with Crippen LogP contribution in [0.1, 0.15) is 12.5 Å². The molecule has 0 saturated carbocycles. The number of amides is 2. The largest absolute Gasteiger partial charge is 0.329 e. The lowest BCUT2D eigenvalue weighted by Gasteiger charge is -2.24. The first-order valence-electron chi connectivity index (χ1n) is 7.19. The molecule has 0 fully saturated rings. The zero-order valence-corrected chi connectivity index (χ0v) is 12.9. The molecule has 2 aromatic carbocycles. The minimum absolute atomic E-state index is 0.0651. The molecule has 0 aromatic heterocycles. The molecule has 0 N–H and O–H groups in total. The molecule has 2 aromatic rings. The Balaban J connectivity index is 2.04. The van der Waals surface area contributed by atoms with Crippen molar-refractivity contribution in [3.63, 3.8) is 0 Å². The Morgan fingerprint density at radius 3 is 2.00 bits per heavy atom. The molecule has 22 heavy (non-hydrogen) atoms. The van der Waals surface area contributed by atoms with Gasteiger partial charge in [0.15, 0.2) is 0 Å². The predicted molar refractivity (Wildman–Crippen MR) is 87.4 cm³/mol. The zero-order valence-electron chi connectivity index (χ0n) is 12.9. The van der Waals surface area contributed by atoms with Crippen molar-refractivity contribution < 1.29 is 9.59 Å². The van der Waals surface area contributed by atoms with Crippen LogP contribution in [0.25, 0.3) is 0 Å². The molecule has 2 rings (SSSR count). The molecule has 4 nitrogen and oxygen atoms in total. The highest BCUT2D eigenvalue weighted by Gasteiger charge is 2.17. The Morgan fingerprint density at radius 1 is 0.909 bits per heavy atom. The second kappa shape index (κ2) is 7.41. The number of nitrogens with zero attached hydrogens (tertiary/aromatic N) is 2. The Labute approximate surface area is 131 Å². The molecule has 0 heterocycles. The van der Waals surface area contributed by atoms with Gasteiger partial charge < -0.3 is 9.80 Å². The van der Waals surface area contributed by atoms with E-state index in [9.17, 15) is 9.59 Å². The van der Waals surface area contributed by atoms with Gasteiger partial charge in [-0.15, -0.1) is 0 Å². The lowest BCUT2D eigenvalue weighted by molar-refractivity contribution is -0.133. The average Bonchev–Trinajstić information content (AvgIpc) is 2.55. The molecule has 0 aliphatic rings. The number of benzene rings is 2. The fourth-order valence-corrected chi connectivity index (χ4v) is 2.15. The van der Waals surface area contributed by atoms with Crippen LogP contribution in [-0.4, -0.2) is 30.3 Å². The minimum Gasteiger partial charge on any atom is -0.329 e. The number of carbonyl (C=O) groups is 2. The van der Waals surface area contributed by atoms with Crippen LogP contribution in [-0.2, 0) is 16.1 Å². The van der Waals surface area contributed by atoms with Crippen LogP contribution in [0.15, 0.2) is 60.7 Å². The van der Waals surface area contributed by atoms with Crippen LogP contribution in [0.2, 0.25) is 0 Å². The molecule has 0 bridgehead atoms. The van der Waals surface area contributed by atoms with Crippen molar-refractivity contribution in [3.8, 4) is 0 Å². The van der Waals surface area contributed by atoms with Crippen molar-refractivity contribution in [2.75, 3.05) is 18.5 Å². The molecule has 0 unspecified atom stereocenters. The van der Waals surface area contributed by atoms with Gasteiger partial charge in [0.1, 0.15) is 6.54 Å². The molecule has 2 amide bonds. The van der Waals surface area contributed by atoms with Gasteiger partial charge in [-0.05, 0) is 17.7 Å². The molecule has 0 spiro atoms. The van der Waals surface area contributed by atoms with Crippen LogP contribution < -0.4 is 4.90 Å². The van der Waals surface area contributed by atoms with Crippen molar-refractivity contribution in [3.05, 3.63) is 66.2 Å². The number of hydrogen-bond acceptors (Lipinski definition) is 2. The van der Waals surface area contributed by atoms with Gasteiger partial charge in [-0.3, -0.25) is 9.59 Å². The van der Waals surface area contributed by atoms with E-state index in [0.717, 1.165) is 11.3 Å². The van der Waals surface area contributed by atoms with Crippen molar-refractivity contribution in [2.45, 2.75) is 13.5 Å². The van der Waals surface area contributed by atoms with Gasteiger partial charge in [0.2, 0.25) is 11.8 Å². The molecule has 0 radical (unpaired) electrons. The number of anilines is 1. The Hall–Kier alpha value is -2.62. The molecule has 4 heteroatoms. The monoisotopic (exact) mass is 296 g/mol. The summed E-state index contributed by atoms with van der Waals surface area (Å²) >= 11 is 0. The highest BCUT2D eigenvalue weighted by atomic mass is 16.2. The fraction of sp³-hybridized carbons (Fsp3) is 0.222. The summed E-state index contributed by atoms with van der Waals surface area (Å²) in [6, 6.07) is 19.1. The number of carbonyl (C=O) groups excluding carboxylic acids is 2. The van der Waals surface area contributed by atoms with E-state index in [1.807, 2.05) is 60.7 Å². The molecule has 0 aliphatic carbocycles. The maximum Gasteiger partial charge on any atom is 0.246 e. The van der Waals surface area contributed by atoms with Crippen molar-refractivity contribution in [2.24, 2.45) is 0 Å². The quantitative estimate of drug-likeness (QED) is 0.851. The number of rotatable bonds is 5. The lowest BCUT2D eigenvalue weighted by Crippen LogP contribution is -2.40. The predicted octanol–water partition coefficient (Wildman–Crippen LogP) is 2.70. The topological polar surface area (TPSA) is 40.6 Å². The molecular weight excluding hydrogens is 276 g/mol. The van der Waals surface area contributed by atoms with E-state index >= 15 is 0 Å². The SMILES string of the molecule is CC(=O)N(CC(=O)N(C)c1ccccc1)Cc1ccccc1. The molecular formula is C18H20N2O2. The first-order valence-corrected chi connectivity index (χ1v) is 7.19. The maximum absolute atomic E-state index is 12.4. The summed E-state index contributed by atoms with van der Waals surface area (Å²) in [6.07, 6.45) is 0. The van der Waals surface area contributed by atoms with Crippen LogP contribution in [0.3, 0.4) is 0 Å². The smallest absolute Gasteiger partial charge is 0.246 e. The Morgan fingerprint density at radius 2 is 1.45 bits per heavy atom. The Kier molecular flexibility index (Phi) is 5.31. The van der Waals surface area contributed by atoms with Gasteiger partial charge in [-0.25, -0.2) is 0 Å². The van der Waals surface area contributed by atoms with Gasteiger partial charge in [-0.1, -0.05) is 48.5 Å². The summed E-state index contributed by atoms with van der Waals surface area (Å²) in [7, 11) is 1.72. The van der Waals surface area contributed by atoms with Crippen molar-refractivity contribution >= 4 is 17.5 Å². The highest BCUT2D eigenvalue weighted by molar-refractivity contribution is 5.95. The van der Waals surface area contributed by atoms with Gasteiger partial charge in [-0.2, -0.15) is 0 Å². The molecule has 0 atom stereocenters. The zero-order chi connectivity index (χ0) is 15.9. The summed E-state index contributed by atoms with van der Waals surface area (Å²) in [6.45, 7) is 1.99. The summed E-state index contributed by atoms with van der Waals surface area (Å²) in [5.74, 6) is -0.226. The summed E-state index contributed by atoms with van der Waals surface area (Å²) < 4.78 is 0. The standard InChI is InChI=1S/C18H20N2O2/c1-15(21)20(13-16-9-5-3-6-10-16)14-18(22)19(2)17-11-7-4-8-12-17/h3-12H,13-14H2,1-2H3. The number of likely N-dealkylation sites (N-methyl/N-ethyl adjacent to an activating group) is 1. The first-order chi connectivity index (χ1) is 10.6. The third-order valence-electron chi connectivity index (χ3n) is 3.51. The summed E-state index contributed by atoms with van der Waals surface area (Å²) in [5, 5.41) is 0. The maximum atomic E-state index is 12.4. The van der Waals surface area contributed by atoms with Gasteiger partial charge >= 0.3 is 0 Å². The molecule has 114 valence electrons. The summed E-state index contributed by atoms with van der Waals surface area (Å²) in [4.78, 5) is 27.3. The highest BCUT2D eigenvalue weighted by Crippen LogP contribution is 2.12. The van der Waals surface area contributed by atoms with E-state index in [-0.39, 0.29) is 18.4 Å². The lowest BCUT2D eigenvalue weighted by atomic mass is 10.2. The first kappa shape index (κ1) is 15.8. The van der Waals surface area contributed by atoms with E-state index in [2.05, 4.69) is 0 Å². The van der Waals surface area contributed by atoms with Crippen LogP contribution in [0.5, 0.6) is 0 Å². The van der Waals surface area contributed by atoms with Crippen LogP contribution in [0, 0.1) is 0 Å². The average molecular weight is 296 g/mol. The second-order valence-corrected chi connectivity index (χ2v) is 5.15. The third kappa shape index (κ3) is 4.19. The summed E-state index contributed by atoms with van der Waals surface area (Å²) in [5.41, 5.74) is 1.82. The number of para-hydroxylation sites is 1. The van der Waals surface area contributed by atoms with E-state index in [1.54, 1.807) is 16.8 Å². The normalized spacial score (nSPS) is 10.1. The van der Waals surface area contributed by atoms with Crippen LogP contribution >= 0.6 is 0 Å². The fourth-order valence-electron chi connectivity index (χ4n) is 2.15. The van der Waals surface area contributed by atoms with E-state index in [0.29, 0.717) is 6.54 Å². The van der Waals surface area contributed by atoms with Crippen molar-refractivity contribution in [1.82, 2.24) is 4.90 Å². The van der Waals surface area contributed by atoms with E-state index in [1.165, 1.54) is 6.92 Å². The van der Waals surface area contributed by atoms with E-state index < -0.39 is 0 Å². The third-order valence-corrected chi connectivity index (χ3v) is 3.51. The molecule has 0 saturated heterocycles. The van der Waals surface area contributed by atoms with Gasteiger partial charge in [0.05, 0.1) is 0 Å². The van der Waals surface area contributed by atoms with Crippen molar-refractivity contribution in [1.29, 1.82) is 0 Å². The molecule has 0 aliphatic heterocycles. The second-order valence-electron chi connectivity index (χ2n) is 5.15. The minimum atomic E-state index is -0.114. The van der Waals surface area contributed by atoms with E-state index in [4.69, 9.17) is 0 Å². The van der Waals surface area contributed by atoms with Gasteiger partial charge in [0.25, 0.3) is 0 Å². The van der Waals surface area contributed by atoms with Gasteiger partial charge in [0, 0.05) is 26.2 Å². The Bertz CT molecular complexity index is 626. The van der Waals surface area contributed by atoms with Crippen LogP contribution in [0.4, 0.5) is 5.69 Å².